The minimum absolute atomic E-state index is 0.163. The summed E-state index contributed by atoms with van der Waals surface area (Å²) in [6.45, 7) is 7.98. The normalized spacial score (nSPS) is 19.0. The highest BCUT2D eigenvalue weighted by Gasteiger charge is 2.35. The average molecular weight is 436 g/mol. The molecule has 2 aromatic carbocycles. The lowest BCUT2D eigenvalue weighted by Crippen LogP contribution is -2.38. The van der Waals surface area contributed by atoms with Gasteiger partial charge in [0.1, 0.15) is 27.7 Å². The molecule has 0 radical (unpaired) electrons. The van der Waals surface area contributed by atoms with Gasteiger partial charge in [0, 0.05) is 6.42 Å². The largest absolute Gasteiger partial charge is 0.487 e. The standard InChI is InChI=1S/C23H31O4S2/c1-16-7-9-20(10-8-16)29(24,25)27-21-15-19-11-12-23(4,13-14-28(5)6)26-22(19)18(3)17(21)2/h7-10,15H,11-14H2,1-6H3/q+1. The molecule has 0 aliphatic carbocycles. The van der Waals surface area contributed by atoms with Gasteiger partial charge in [0.05, 0.1) is 12.5 Å². The van der Waals surface area contributed by atoms with Crippen LogP contribution in [0.4, 0.5) is 0 Å². The molecule has 0 saturated carbocycles. The Bertz CT molecular complexity index is 995. The minimum Gasteiger partial charge on any atom is -0.487 e. The molecule has 6 heteroatoms. The van der Waals surface area contributed by atoms with Crippen molar-refractivity contribution >= 4 is 21.0 Å². The fourth-order valence-electron chi connectivity index (χ4n) is 3.51. The Kier molecular flexibility index (Phi) is 6.25. The van der Waals surface area contributed by atoms with Crippen molar-refractivity contribution in [3.05, 3.63) is 52.6 Å². The predicted octanol–water partition coefficient (Wildman–Crippen LogP) is 4.73. The van der Waals surface area contributed by atoms with Crippen molar-refractivity contribution in [2.75, 3.05) is 18.3 Å². The first kappa shape index (κ1) is 22.0. The smallest absolute Gasteiger partial charge is 0.339 e. The van der Waals surface area contributed by atoms with Crippen LogP contribution in [0, 0.1) is 20.8 Å². The molecule has 158 valence electrons. The molecule has 1 heterocycles. The third kappa shape index (κ3) is 4.92. The Balaban J connectivity index is 1.89. The van der Waals surface area contributed by atoms with Crippen LogP contribution in [-0.2, 0) is 27.4 Å². The lowest BCUT2D eigenvalue weighted by atomic mass is 9.88. The molecular formula is C23H31O4S2+. The Hall–Kier alpha value is -1.66. The van der Waals surface area contributed by atoms with Gasteiger partial charge in [-0.1, -0.05) is 17.7 Å². The SMILES string of the molecule is Cc1ccc(S(=O)(=O)Oc2cc3c(c(C)c2C)OC(C)(CC[S+](C)C)CC3)cc1. The van der Waals surface area contributed by atoms with Crippen LogP contribution in [0.25, 0.3) is 0 Å². The van der Waals surface area contributed by atoms with Gasteiger partial charge in [0.15, 0.2) is 0 Å². The molecular weight excluding hydrogens is 404 g/mol. The summed E-state index contributed by atoms with van der Waals surface area (Å²) in [4.78, 5) is 0.163. The maximum atomic E-state index is 12.7. The number of ether oxygens (including phenoxy) is 1. The number of rotatable bonds is 6. The summed E-state index contributed by atoms with van der Waals surface area (Å²) in [5, 5.41) is 0. The zero-order valence-corrected chi connectivity index (χ0v) is 19.8. The average Bonchev–Trinajstić information content (AvgIpc) is 2.65. The van der Waals surface area contributed by atoms with E-state index in [9.17, 15) is 8.42 Å². The second kappa shape index (κ2) is 8.23. The van der Waals surface area contributed by atoms with Gasteiger partial charge >= 0.3 is 10.1 Å². The quantitative estimate of drug-likeness (QED) is 0.486. The van der Waals surface area contributed by atoms with Crippen molar-refractivity contribution in [2.24, 2.45) is 0 Å². The van der Waals surface area contributed by atoms with Gasteiger partial charge in [-0.05, 0) is 86.3 Å². The third-order valence-corrected chi connectivity index (χ3v) is 7.96. The fraction of sp³-hybridized carbons (Fsp3) is 0.478. The molecule has 0 aromatic heterocycles. The molecule has 0 bridgehead atoms. The second-order valence-electron chi connectivity index (χ2n) is 8.46. The summed E-state index contributed by atoms with van der Waals surface area (Å²) in [6.07, 6.45) is 7.32. The van der Waals surface area contributed by atoms with E-state index >= 15 is 0 Å². The van der Waals surface area contributed by atoms with Crippen molar-refractivity contribution < 1.29 is 17.3 Å². The Morgan fingerprint density at radius 3 is 2.38 bits per heavy atom. The number of aryl methyl sites for hydroxylation is 2. The van der Waals surface area contributed by atoms with Crippen molar-refractivity contribution in [2.45, 2.75) is 57.5 Å². The van der Waals surface area contributed by atoms with Crippen LogP contribution in [0.1, 0.15) is 42.0 Å². The molecule has 0 saturated heterocycles. The van der Waals surface area contributed by atoms with E-state index in [1.54, 1.807) is 24.3 Å². The van der Waals surface area contributed by atoms with Crippen LogP contribution in [0.2, 0.25) is 0 Å². The van der Waals surface area contributed by atoms with Crippen LogP contribution in [0.15, 0.2) is 35.2 Å². The van der Waals surface area contributed by atoms with E-state index < -0.39 is 10.1 Å². The molecule has 0 spiro atoms. The minimum atomic E-state index is -3.88. The number of hydrogen-bond donors (Lipinski definition) is 0. The topological polar surface area (TPSA) is 52.6 Å². The van der Waals surface area contributed by atoms with E-state index in [1.165, 1.54) is 0 Å². The lowest BCUT2D eigenvalue weighted by Gasteiger charge is -2.37. The van der Waals surface area contributed by atoms with Crippen LogP contribution in [0.3, 0.4) is 0 Å². The molecule has 1 aliphatic rings. The highest BCUT2D eigenvalue weighted by atomic mass is 32.2. The second-order valence-corrected chi connectivity index (χ2v) is 12.4. The van der Waals surface area contributed by atoms with Crippen molar-refractivity contribution in [3.8, 4) is 11.5 Å². The van der Waals surface area contributed by atoms with Crippen molar-refractivity contribution in [1.29, 1.82) is 0 Å². The molecule has 1 atom stereocenters. The molecule has 0 fully saturated rings. The Morgan fingerprint density at radius 1 is 1.10 bits per heavy atom. The van der Waals surface area contributed by atoms with Gasteiger partial charge in [-0.15, -0.1) is 0 Å². The number of hydrogen-bond acceptors (Lipinski definition) is 4. The summed E-state index contributed by atoms with van der Waals surface area (Å²) >= 11 is 0. The van der Waals surface area contributed by atoms with Crippen LogP contribution >= 0.6 is 0 Å². The third-order valence-electron chi connectivity index (χ3n) is 5.69. The first-order valence-electron chi connectivity index (χ1n) is 9.88. The maximum absolute atomic E-state index is 12.7. The highest BCUT2D eigenvalue weighted by Crippen LogP contribution is 2.42. The molecule has 1 aliphatic heterocycles. The van der Waals surface area contributed by atoms with Gasteiger partial charge < -0.3 is 8.92 Å². The van der Waals surface area contributed by atoms with E-state index in [2.05, 4.69) is 19.4 Å². The predicted molar refractivity (Wildman–Crippen MR) is 121 cm³/mol. The highest BCUT2D eigenvalue weighted by molar-refractivity contribution is 7.95. The summed E-state index contributed by atoms with van der Waals surface area (Å²) in [7, 11) is -3.49. The first-order chi connectivity index (χ1) is 13.5. The molecule has 2 aromatic rings. The van der Waals surface area contributed by atoms with Crippen molar-refractivity contribution in [1.82, 2.24) is 0 Å². The van der Waals surface area contributed by atoms with E-state index in [1.807, 2.05) is 26.8 Å². The Morgan fingerprint density at radius 2 is 1.76 bits per heavy atom. The molecule has 0 N–H and O–H groups in total. The van der Waals surface area contributed by atoms with Gasteiger partial charge in [-0.25, -0.2) is 0 Å². The van der Waals surface area contributed by atoms with Gasteiger partial charge in [0.2, 0.25) is 0 Å². The number of fused-ring (bicyclic) bond motifs is 1. The van der Waals surface area contributed by atoms with Crippen LogP contribution < -0.4 is 8.92 Å². The van der Waals surface area contributed by atoms with Crippen molar-refractivity contribution in [3.63, 3.8) is 0 Å². The first-order valence-corrected chi connectivity index (χ1v) is 13.5. The molecule has 4 nitrogen and oxygen atoms in total. The Labute approximate surface area is 178 Å². The van der Waals surface area contributed by atoms with Gasteiger partial charge in [0.25, 0.3) is 0 Å². The van der Waals surface area contributed by atoms with Crippen LogP contribution in [0.5, 0.6) is 11.5 Å². The van der Waals surface area contributed by atoms with E-state index in [0.29, 0.717) is 16.6 Å². The monoisotopic (exact) mass is 435 g/mol. The molecule has 0 amide bonds. The lowest BCUT2D eigenvalue weighted by molar-refractivity contribution is 0.0612. The van der Waals surface area contributed by atoms with E-state index in [4.69, 9.17) is 8.92 Å². The van der Waals surface area contributed by atoms with Gasteiger partial charge in [-0.2, -0.15) is 8.42 Å². The molecule has 1 unspecified atom stereocenters. The molecule has 3 rings (SSSR count). The fourth-order valence-corrected chi connectivity index (χ4v) is 5.32. The summed E-state index contributed by atoms with van der Waals surface area (Å²) < 4.78 is 37.5. The summed E-state index contributed by atoms with van der Waals surface area (Å²) in [5.41, 5.74) is 3.61. The zero-order valence-electron chi connectivity index (χ0n) is 18.2. The van der Waals surface area contributed by atoms with Gasteiger partial charge in [-0.3, -0.25) is 0 Å². The van der Waals surface area contributed by atoms with Crippen LogP contribution in [-0.4, -0.2) is 32.3 Å². The maximum Gasteiger partial charge on any atom is 0.339 e. The summed E-state index contributed by atoms with van der Waals surface area (Å²) in [5.74, 6) is 2.43. The summed E-state index contributed by atoms with van der Waals surface area (Å²) in [6, 6.07) is 8.54. The van der Waals surface area contributed by atoms with E-state index in [0.717, 1.165) is 53.0 Å². The zero-order chi connectivity index (χ0) is 21.4. The van der Waals surface area contributed by atoms with E-state index in [-0.39, 0.29) is 10.5 Å². The number of benzene rings is 2. The molecule has 29 heavy (non-hydrogen) atoms.